The Morgan fingerprint density at radius 3 is 2.38 bits per heavy atom. The van der Waals surface area contributed by atoms with Gasteiger partial charge in [0, 0.05) is 6.54 Å². The van der Waals surface area contributed by atoms with E-state index >= 15 is 0 Å². The summed E-state index contributed by atoms with van der Waals surface area (Å²) >= 11 is 12.2. The van der Waals surface area contributed by atoms with Crippen LogP contribution in [0.1, 0.15) is 35.1 Å². The Hall–Kier alpha value is -1.28. The minimum Gasteiger partial charge on any atom is -0.326 e. The zero-order valence-corrected chi connectivity index (χ0v) is 13.7. The van der Waals surface area contributed by atoms with Gasteiger partial charge >= 0.3 is 0 Å². The van der Waals surface area contributed by atoms with E-state index in [0.29, 0.717) is 16.6 Å². The van der Waals surface area contributed by atoms with Gasteiger partial charge in [-0.3, -0.25) is 0 Å². The van der Waals surface area contributed by atoms with E-state index in [9.17, 15) is 0 Å². The van der Waals surface area contributed by atoms with Gasteiger partial charge in [-0.2, -0.15) is 0 Å². The smallest absolute Gasteiger partial charge is 0.0621 e. The maximum Gasteiger partial charge on any atom is 0.0621 e. The topological polar surface area (TPSA) is 26.0 Å². The van der Waals surface area contributed by atoms with E-state index in [1.807, 2.05) is 25.1 Å². The van der Waals surface area contributed by atoms with Gasteiger partial charge in [-0.1, -0.05) is 72.6 Å². The van der Waals surface area contributed by atoms with E-state index in [4.69, 9.17) is 28.9 Å². The quantitative estimate of drug-likeness (QED) is 0.782. The lowest BCUT2D eigenvalue weighted by atomic mass is 9.98. The van der Waals surface area contributed by atoms with E-state index in [-0.39, 0.29) is 5.92 Å². The van der Waals surface area contributed by atoms with Gasteiger partial charge in [-0.15, -0.1) is 0 Å². The molecule has 0 saturated carbocycles. The van der Waals surface area contributed by atoms with Crippen LogP contribution < -0.4 is 5.73 Å². The van der Waals surface area contributed by atoms with Gasteiger partial charge in [0.1, 0.15) is 0 Å². The highest BCUT2D eigenvalue weighted by Crippen LogP contribution is 2.30. The van der Waals surface area contributed by atoms with Crippen molar-refractivity contribution < 1.29 is 0 Å². The third kappa shape index (κ3) is 4.10. The zero-order chi connectivity index (χ0) is 15.4. The third-order valence-electron chi connectivity index (χ3n) is 3.55. The van der Waals surface area contributed by atoms with E-state index in [1.165, 1.54) is 0 Å². The number of hydrogen-bond donors (Lipinski definition) is 1. The van der Waals surface area contributed by atoms with Crippen LogP contribution in [0.3, 0.4) is 0 Å². The van der Waals surface area contributed by atoms with Crippen molar-refractivity contribution in [1.29, 1.82) is 0 Å². The zero-order valence-electron chi connectivity index (χ0n) is 12.2. The first-order valence-electron chi connectivity index (χ1n) is 6.94. The van der Waals surface area contributed by atoms with Crippen molar-refractivity contribution in [1.82, 2.24) is 0 Å². The number of allylic oxidation sites excluding steroid dienone is 1. The summed E-state index contributed by atoms with van der Waals surface area (Å²) in [5.41, 5.74) is 10.1. The Labute approximate surface area is 136 Å². The van der Waals surface area contributed by atoms with Crippen LogP contribution in [0, 0.1) is 6.92 Å². The molecule has 0 aliphatic carbocycles. The fourth-order valence-corrected chi connectivity index (χ4v) is 2.53. The van der Waals surface area contributed by atoms with Crippen molar-refractivity contribution in [2.24, 2.45) is 5.73 Å². The summed E-state index contributed by atoms with van der Waals surface area (Å²) in [6.45, 7) is 4.69. The van der Waals surface area contributed by atoms with Crippen molar-refractivity contribution in [3.63, 3.8) is 0 Å². The maximum absolute atomic E-state index is 6.15. The highest BCUT2D eigenvalue weighted by Gasteiger charge is 2.08. The van der Waals surface area contributed by atoms with E-state index < -0.39 is 0 Å². The van der Waals surface area contributed by atoms with Gasteiger partial charge in [-0.25, -0.2) is 0 Å². The molecule has 0 aliphatic rings. The van der Waals surface area contributed by atoms with Crippen LogP contribution in [0.5, 0.6) is 0 Å². The minimum atomic E-state index is 0.271. The Balaban J connectivity index is 2.16. The summed E-state index contributed by atoms with van der Waals surface area (Å²) in [5, 5.41) is 1.24. The van der Waals surface area contributed by atoms with Gasteiger partial charge in [0.15, 0.2) is 0 Å². The summed E-state index contributed by atoms with van der Waals surface area (Å²) in [6.07, 6.45) is 4.28. The molecule has 0 radical (unpaired) electrons. The first-order chi connectivity index (χ1) is 10.0. The van der Waals surface area contributed by atoms with Crippen LogP contribution in [-0.4, -0.2) is 0 Å². The molecule has 0 fully saturated rings. The fraction of sp³-hybridized carbons (Fsp3) is 0.222. The molecule has 2 rings (SSSR count). The van der Waals surface area contributed by atoms with Crippen molar-refractivity contribution in [3.05, 3.63) is 74.8 Å². The van der Waals surface area contributed by atoms with Crippen molar-refractivity contribution >= 4 is 29.3 Å². The number of halogens is 2. The third-order valence-corrected chi connectivity index (χ3v) is 4.45. The van der Waals surface area contributed by atoms with Gasteiger partial charge in [-0.05, 0) is 41.2 Å². The molecule has 0 amide bonds. The summed E-state index contributed by atoms with van der Waals surface area (Å²) < 4.78 is 0. The summed E-state index contributed by atoms with van der Waals surface area (Å²) in [7, 11) is 0. The highest BCUT2D eigenvalue weighted by molar-refractivity contribution is 6.42. The number of nitrogens with two attached hydrogens (primary N) is 1. The molecule has 0 aliphatic heterocycles. The van der Waals surface area contributed by atoms with E-state index in [2.05, 4.69) is 37.3 Å². The van der Waals surface area contributed by atoms with E-state index in [1.54, 1.807) is 0 Å². The predicted molar refractivity (Wildman–Crippen MR) is 93.0 cm³/mol. The SMILES string of the molecule is Cc1cc(C(C)/C=C/c2ccc(CN)cc2)cc(Cl)c1Cl. The van der Waals surface area contributed by atoms with Gasteiger partial charge in [0.05, 0.1) is 10.0 Å². The molecule has 0 spiro atoms. The molecule has 2 aromatic rings. The molecule has 0 aromatic heterocycles. The van der Waals surface area contributed by atoms with E-state index in [0.717, 1.165) is 22.3 Å². The lowest BCUT2D eigenvalue weighted by molar-refractivity contribution is 0.970. The lowest BCUT2D eigenvalue weighted by Gasteiger charge is -2.10. The van der Waals surface area contributed by atoms with Gasteiger partial charge in [0.25, 0.3) is 0 Å². The molecule has 3 heteroatoms. The first kappa shape index (κ1) is 16.1. The molecule has 110 valence electrons. The molecule has 0 saturated heterocycles. The second-order valence-corrected chi connectivity index (χ2v) is 6.01. The molecule has 2 N–H and O–H groups in total. The predicted octanol–water partition coefficient (Wildman–Crippen LogP) is 5.58. The molecular formula is C18H19Cl2N. The Morgan fingerprint density at radius 2 is 1.81 bits per heavy atom. The molecule has 1 nitrogen and oxygen atoms in total. The normalized spacial score (nSPS) is 12.8. The number of aryl methyl sites for hydroxylation is 1. The molecule has 1 unspecified atom stereocenters. The molecule has 2 aromatic carbocycles. The standard InChI is InChI=1S/C18H19Cl2N/c1-12(16-9-13(2)18(20)17(19)10-16)3-4-14-5-7-15(11-21)8-6-14/h3-10,12H,11,21H2,1-2H3/b4-3+. The van der Waals surface area contributed by atoms with Crippen molar-refractivity contribution in [3.8, 4) is 0 Å². The lowest BCUT2D eigenvalue weighted by Crippen LogP contribution is -1.95. The molecular weight excluding hydrogens is 301 g/mol. The van der Waals surface area contributed by atoms with Crippen LogP contribution in [0.4, 0.5) is 0 Å². The Bertz CT molecular complexity index is 622. The molecule has 21 heavy (non-hydrogen) atoms. The molecule has 0 bridgehead atoms. The van der Waals surface area contributed by atoms with Crippen LogP contribution in [0.2, 0.25) is 10.0 Å². The molecule has 0 heterocycles. The van der Waals surface area contributed by atoms with Crippen LogP contribution in [-0.2, 0) is 6.54 Å². The number of hydrogen-bond acceptors (Lipinski definition) is 1. The summed E-state index contributed by atoms with van der Waals surface area (Å²) in [5.74, 6) is 0.271. The minimum absolute atomic E-state index is 0.271. The maximum atomic E-state index is 6.15. The number of benzene rings is 2. The van der Waals surface area contributed by atoms with Gasteiger partial charge < -0.3 is 5.73 Å². The highest BCUT2D eigenvalue weighted by atomic mass is 35.5. The molecule has 1 atom stereocenters. The van der Waals surface area contributed by atoms with Crippen LogP contribution in [0.25, 0.3) is 6.08 Å². The van der Waals surface area contributed by atoms with Gasteiger partial charge in [0.2, 0.25) is 0 Å². The largest absolute Gasteiger partial charge is 0.326 e. The average Bonchev–Trinajstić information content (AvgIpc) is 2.50. The Kier molecular flexibility index (Phi) is 5.46. The number of rotatable bonds is 4. The van der Waals surface area contributed by atoms with Crippen LogP contribution >= 0.6 is 23.2 Å². The summed E-state index contributed by atoms with van der Waals surface area (Å²) in [4.78, 5) is 0. The van der Waals surface area contributed by atoms with Crippen molar-refractivity contribution in [2.45, 2.75) is 26.3 Å². The van der Waals surface area contributed by atoms with Crippen LogP contribution in [0.15, 0.2) is 42.5 Å². The second kappa shape index (κ2) is 7.13. The fourth-order valence-electron chi connectivity index (χ4n) is 2.15. The Morgan fingerprint density at radius 1 is 1.14 bits per heavy atom. The summed E-state index contributed by atoms with van der Waals surface area (Å²) in [6, 6.07) is 12.3. The second-order valence-electron chi connectivity index (χ2n) is 5.23. The monoisotopic (exact) mass is 319 g/mol. The average molecular weight is 320 g/mol. The first-order valence-corrected chi connectivity index (χ1v) is 7.69. The van der Waals surface area contributed by atoms with Crippen molar-refractivity contribution in [2.75, 3.05) is 0 Å².